The van der Waals surface area contributed by atoms with E-state index in [9.17, 15) is 4.79 Å². The van der Waals surface area contributed by atoms with Crippen molar-refractivity contribution in [1.29, 1.82) is 0 Å². The molecule has 128 valence electrons. The molecule has 24 heavy (non-hydrogen) atoms. The second-order valence-corrected chi connectivity index (χ2v) is 5.40. The van der Waals surface area contributed by atoms with Gasteiger partial charge in [0.15, 0.2) is 0 Å². The lowest BCUT2D eigenvalue weighted by Gasteiger charge is -2.17. The zero-order valence-corrected chi connectivity index (χ0v) is 14.5. The van der Waals surface area contributed by atoms with E-state index < -0.39 is 0 Å². The van der Waals surface area contributed by atoms with E-state index in [1.54, 1.807) is 18.3 Å². The first kappa shape index (κ1) is 17.7. The van der Waals surface area contributed by atoms with Gasteiger partial charge < -0.3 is 15.0 Å². The van der Waals surface area contributed by atoms with Crippen LogP contribution >= 0.6 is 0 Å². The number of anilines is 2. The van der Waals surface area contributed by atoms with E-state index in [1.807, 2.05) is 37.1 Å². The Balaban J connectivity index is 2.13. The van der Waals surface area contributed by atoms with E-state index >= 15 is 0 Å². The molecule has 2 aromatic rings. The first-order chi connectivity index (χ1) is 11.7. The van der Waals surface area contributed by atoms with Crippen LogP contribution in [0.1, 0.15) is 37.2 Å². The van der Waals surface area contributed by atoms with E-state index in [4.69, 9.17) is 4.74 Å². The molecule has 0 unspecified atom stereocenters. The van der Waals surface area contributed by atoms with Crippen LogP contribution in [-0.2, 0) is 0 Å². The van der Waals surface area contributed by atoms with Crippen molar-refractivity contribution in [3.63, 3.8) is 0 Å². The highest BCUT2D eigenvalue weighted by atomic mass is 16.5. The van der Waals surface area contributed by atoms with E-state index in [2.05, 4.69) is 22.2 Å². The molecule has 0 radical (unpaired) electrons. The number of carbonyl (C=O) groups excluding carboxylic acids is 1. The Morgan fingerprint density at radius 3 is 2.79 bits per heavy atom. The Kier molecular flexibility index (Phi) is 6.54. The van der Waals surface area contributed by atoms with Crippen molar-refractivity contribution in [3.8, 4) is 5.75 Å². The normalized spacial score (nSPS) is 10.3. The Hall–Kier alpha value is -2.63. The molecule has 0 saturated carbocycles. The predicted octanol–water partition coefficient (Wildman–Crippen LogP) is 3.36. The van der Waals surface area contributed by atoms with Crippen LogP contribution in [0.5, 0.6) is 5.75 Å². The average Bonchev–Trinajstić information content (AvgIpc) is 2.61. The molecule has 0 atom stereocenters. The molecule has 6 nitrogen and oxygen atoms in total. The van der Waals surface area contributed by atoms with Gasteiger partial charge in [-0.1, -0.05) is 25.5 Å². The molecule has 0 fully saturated rings. The average molecular weight is 328 g/mol. The fourth-order valence-electron chi connectivity index (χ4n) is 2.19. The number of benzene rings is 1. The Morgan fingerprint density at radius 1 is 1.25 bits per heavy atom. The molecule has 0 aliphatic rings. The van der Waals surface area contributed by atoms with Gasteiger partial charge in [0.05, 0.1) is 12.3 Å². The second-order valence-electron chi connectivity index (χ2n) is 5.40. The third-order valence-corrected chi connectivity index (χ3v) is 3.50. The molecule has 0 bridgehead atoms. The third kappa shape index (κ3) is 4.68. The predicted molar refractivity (Wildman–Crippen MR) is 95.8 cm³/mol. The van der Waals surface area contributed by atoms with Gasteiger partial charge in [-0.05, 0) is 31.5 Å². The number of hydrogen-bond acceptors (Lipinski definition) is 5. The summed E-state index contributed by atoms with van der Waals surface area (Å²) in [5.41, 5.74) is 0.957. The third-order valence-electron chi connectivity index (χ3n) is 3.50. The van der Waals surface area contributed by atoms with Crippen LogP contribution in [0.25, 0.3) is 0 Å². The highest BCUT2D eigenvalue weighted by molar-refractivity contribution is 6.03. The van der Waals surface area contributed by atoms with Crippen molar-refractivity contribution in [3.05, 3.63) is 42.2 Å². The van der Waals surface area contributed by atoms with Gasteiger partial charge in [-0.15, -0.1) is 0 Å². The zero-order chi connectivity index (χ0) is 17.4. The van der Waals surface area contributed by atoms with E-state index in [0.717, 1.165) is 19.4 Å². The fraction of sp³-hybridized carbons (Fsp3) is 0.389. The lowest BCUT2D eigenvalue weighted by molar-refractivity contribution is 0.102. The number of unbranched alkanes of at least 4 members (excludes halogenated alkanes) is 1. The maximum Gasteiger partial charge on any atom is 0.274 e. The monoisotopic (exact) mass is 328 g/mol. The summed E-state index contributed by atoms with van der Waals surface area (Å²) in [7, 11) is 1.93. The molecule has 2 rings (SSSR count). The smallest absolute Gasteiger partial charge is 0.274 e. The molecule has 1 N–H and O–H groups in total. The number of nitrogens with one attached hydrogen (secondary N) is 1. The van der Waals surface area contributed by atoms with Crippen LogP contribution in [0, 0.1) is 0 Å². The molecular weight excluding hydrogens is 304 g/mol. The zero-order valence-electron chi connectivity index (χ0n) is 14.5. The number of ether oxygens (including phenoxy) is 1. The second kappa shape index (κ2) is 8.86. The van der Waals surface area contributed by atoms with E-state index in [1.165, 1.54) is 0 Å². The summed E-state index contributed by atoms with van der Waals surface area (Å²) in [5, 5.41) is 2.85. The highest BCUT2D eigenvalue weighted by Crippen LogP contribution is 2.24. The van der Waals surface area contributed by atoms with Crippen molar-refractivity contribution in [2.75, 3.05) is 30.4 Å². The van der Waals surface area contributed by atoms with Crippen LogP contribution < -0.4 is 15.0 Å². The van der Waals surface area contributed by atoms with E-state index in [-0.39, 0.29) is 5.91 Å². The minimum atomic E-state index is -0.283. The van der Waals surface area contributed by atoms with Crippen LogP contribution in [0.15, 0.2) is 36.5 Å². The molecular formula is C18H24N4O2. The number of hydrogen-bond donors (Lipinski definition) is 1. The van der Waals surface area contributed by atoms with E-state index in [0.29, 0.717) is 29.7 Å². The van der Waals surface area contributed by atoms with Crippen molar-refractivity contribution >= 4 is 17.5 Å². The molecule has 1 amide bonds. The first-order valence-corrected chi connectivity index (χ1v) is 8.23. The van der Waals surface area contributed by atoms with Crippen LogP contribution in [0.4, 0.5) is 11.6 Å². The number of nitrogens with zero attached hydrogens (tertiary/aromatic N) is 3. The molecule has 0 spiro atoms. The van der Waals surface area contributed by atoms with Gasteiger partial charge in [0.2, 0.25) is 5.95 Å². The van der Waals surface area contributed by atoms with Gasteiger partial charge in [0.25, 0.3) is 5.91 Å². The van der Waals surface area contributed by atoms with Gasteiger partial charge in [0.1, 0.15) is 11.4 Å². The summed E-state index contributed by atoms with van der Waals surface area (Å²) in [4.78, 5) is 23.0. The maximum atomic E-state index is 12.5. The van der Waals surface area contributed by atoms with Crippen molar-refractivity contribution < 1.29 is 9.53 Å². The van der Waals surface area contributed by atoms with Gasteiger partial charge in [-0.25, -0.2) is 9.97 Å². The summed E-state index contributed by atoms with van der Waals surface area (Å²) in [6, 6.07) is 8.95. The Bertz CT molecular complexity index is 676. The minimum Gasteiger partial charge on any atom is -0.492 e. The lowest BCUT2D eigenvalue weighted by atomic mass is 10.2. The fourth-order valence-corrected chi connectivity index (χ4v) is 2.19. The summed E-state index contributed by atoms with van der Waals surface area (Å²) in [6.45, 7) is 5.43. The van der Waals surface area contributed by atoms with Crippen LogP contribution in [0.2, 0.25) is 0 Å². The first-order valence-electron chi connectivity index (χ1n) is 8.23. The Morgan fingerprint density at radius 2 is 2.04 bits per heavy atom. The number of rotatable bonds is 8. The van der Waals surface area contributed by atoms with Gasteiger partial charge in [0, 0.05) is 19.8 Å². The number of para-hydroxylation sites is 2. The molecule has 0 saturated heterocycles. The number of amides is 1. The van der Waals surface area contributed by atoms with Gasteiger partial charge in [-0.3, -0.25) is 4.79 Å². The molecule has 1 heterocycles. The number of aromatic nitrogens is 2. The number of carbonyl (C=O) groups is 1. The summed E-state index contributed by atoms with van der Waals surface area (Å²) in [5.74, 6) is 0.909. The van der Waals surface area contributed by atoms with Crippen molar-refractivity contribution in [2.45, 2.75) is 26.7 Å². The minimum absolute atomic E-state index is 0.283. The quantitative estimate of drug-likeness (QED) is 0.805. The van der Waals surface area contributed by atoms with Crippen LogP contribution in [0.3, 0.4) is 0 Å². The summed E-state index contributed by atoms with van der Waals surface area (Å²) in [6.07, 6.45) is 3.75. The SMILES string of the molecule is CCCCN(C)c1nccc(C(=O)Nc2ccccc2OCC)n1. The summed E-state index contributed by atoms with van der Waals surface area (Å²) >= 11 is 0. The molecule has 6 heteroatoms. The highest BCUT2D eigenvalue weighted by Gasteiger charge is 2.13. The molecule has 1 aromatic heterocycles. The topological polar surface area (TPSA) is 67.4 Å². The molecule has 1 aromatic carbocycles. The Labute approximate surface area is 142 Å². The largest absolute Gasteiger partial charge is 0.492 e. The van der Waals surface area contributed by atoms with Crippen molar-refractivity contribution in [2.24, 2.45) is 0 Å². The molecule has 0 aliphatic heterocycles. The van der Waals surface area contributed by atoms with Gasteiger partial charge in [-0.2, -0.15) is 0 Å². The summed E-state index contributed by atoms with van der Waals surface area (Å²) < 4.78 is 5.52. The molecule has 0 aliphatic carbocycles. The maximum absolute atomic E-state index is 12.5. The lowest BCUT2D eigenvalue weighted by Crippen LogP contribution is -2.23. The van der Waals surface area contributed by atoms with Crippen molar-refractivity contribution in [1.82, 2.24) is 9.97 Å². The van der Waals surface area contributed by atoms with Crippen LogP contribution in [-0.4, -0.2) is 36.1 Å². The standard InChI is InChI=1S/C18H24N4O2/c1-4-6-13-22(3)18-19-12-11-15(21-18)17(23)20-14-9-7-8-10-16(14)24-5-2/h7-12H,4-6,13H2,1-3H3,(H,20,23). The van der Waals surface area contributed by atoms with Gasteiger partial charge >= 0.3 is 0 Å².